The number of carbonyl (C=O) groups is 1. The van der Waals surface area contributed by atoms with Crippen molar-refractivity contribution in [2.45, 2.75) is 63.2 Å². The van der Waals surface area contributed by atoms with Gasteiger partial charge in [-0.2, -0.15) is 0 Å². The Morgan fingerprint density at radius 3 is 2.44 bits per heavy atom. The summed E-state index contributed by atoms with van der Waals surface area (Å²) in [6.07, 6.45) is 7.99. The maximum absolute atomic E-state index is 11.5. The first-order valence-electron chi connectivity index (χ1n) is 8.95. The summed E-state index contributed by atoms with van der Waals surface area (Å²) in [5.41, 5.74) is 1.32. The van der Waals surface area contributed by atoms with Crippen LogP contribution >= 0.6 is 11.8 Å². The molecule has 0 radical (unpaired) electrons. The van der Waals surface area contributed by atoms with Crippen molar-refractivity contribution in [1.82, 2.24) is 0 Å². The number of hydrogen-bond acceptors (Lipinski definition) is 4. The zero-order valence-electron chi connectivity index (χ0n) is 14.8. The van der Waals surface area contributed by atoms with Crippen molar-refractivity contribution in [3.8, 4) is 0 Å². The molecule has 0 amide bonds. The molecule has 0 atom stereocenters. The third-order valence-electron chi connectivity index (χ3n) is 4.23. The van der Waals surface area contributed by atoms with Gasteiger partial charge in [0.25, 0.3) is 0 Å². The molecular formula is C20H26O4S. The Kier molecular flexibility index (Phi) is 8.06. The first kappa shape index (κ1) is 19.6. The lowest BCUT2D eigenvalue weighted by Crippen LogP contribution is -1.97. The smallest absolute Gasteiger partial charge is 0.336 e. The lowest BCUT2D eigenvalue weighted by molar-refractivity contribution is -0.137. The summed E-state index contributed by atoms with van der Waals surface area (Å²) in [6, 6.07) is 7.59. The molecule has 1 heterocycles. The minimum atomic E-state index is -0.694. The number of aryl methyl sites for hydroxylation is 1. The second-order valence-electron chi connectivity index (χ2n) is 6.37. The highest BCUT2D eigenvalue weighted by Gasteiger charge is 2.04. The maximum Gasteiger partial charge on any atom is 0.336 e. The number of benzene rings is 1. The monoisotopic (exact) mass is 362 g/mol. The van der Waals surface area contributed by atoms with E-state index in [0.717, 1.165) is 47.3 Å². The molecule has 0 aliphatic rings. The summed E-state index contributed by atoms with van der Waals surface area (Å²) >= 11 is 1.79. The van der Waals surface area contributed by atoms with E-state index in [-0.39, 0.29) is 5.63 Å². The SMILES string of the molecule is Cc1cc(=O)oc2cc(SCCCCCCCCCC(=O)O)ccc12. The molecule has 5 heteroatoms. The van der Waals surface area contributed by atoms with Crippen LogP contribution in [0.3, 0.4) is 0 Å². The number of hydrogen-bond donors (Lipinski definition) is 1. The zero-order valence-corrected chi connectivity index (χ0v) is 15.6. The van der Waals surface area contributed by atoms with Crippen molar-refractivity contribution in [3.63, 3.8) is 0 Å². The highest BCUT2D eigenvalue weighted by molar-refractivity contribution is 7.99. The van der Waals surface area contributed by atoms with Crippen molar-refractivity contribution in [2.75, 3.05) is 5.75 Å². The van der Waals surface area contributed by atoms with Gasteiger partial charge < -0.3 is 9.52 Å². The van der Waals surface area contributed by atoms with Crippen LogP contribution in [-0.4, -0.2) is 16.8 Å². The van der Waals surface area contributed by atoms with Gasteiger partial charge in [-0.3, -0.25) is 4.79 Å². The van der Waals surface area contributed by atoms with E-state index >= 15 is 0 Å². The molecule has 0 unspecified atom stereocenters. The highest BCUT2D eigenvalue weighted by Crippen LogP contribution is 2.25. The molecule has 0 spiro atoms. The summed E-state index contributed by atoms with van der Waals surface area (Å²) in [5.74, 6) is 0.362. The van der Waals surface area contributed by atoms with Crippen molar-refractivity contribution < 1.29 is 14.3 Å². The van der Waals surface area contributed by atoms with Crippen LogP contribution < -0.4 is 5.63 Å². The second kappa shape index (κ2) is 10.3. The van der Waals surface area contributed by atoms with E-state index in [4.69, 9.17) is 9.52 Å². The molecule has 0 aliphatic carbocycles. The van der Waals surface area contributed by atoms with E-state index in [1.807, 2.05) is 19.1 Å². The number of fused-ring (bicyclic) bond motifs is 1. The molecule has 4 nitrogen and oxygen atoms in total. The standard InChI is InChI=1S/C20H26O4S/c1-15-13-20(23)24-18-14-16(10-11-17(15)18)25-12-8-6-4-2-3-5-7-9-19(21)22/h10-11,13-14H,2-9,12H2,1H3,(H,21,22). The first-order chi connectivity index (χ1) is 12.1. The van der Waals surface area contributed by atoms with Crippen LogP contribution in [0.25, 0.3) is 11.0 Å². The molecule has 0 saturated heterocycles. The number of thioether (sulfide) groups is 1. The van der Waals surface area contributed by atoms with Crippen molar-refractivity contribution in [2.24, 2.45) is 0 Å². The Hall–Kier alpha value is -1.75. The summed E-state index contributed by atoms with van der Waals surface area (Å²) < 4.78 is 5.28. The average Bonchev–Trinajstić information content (AvgIpc) is 2.55. The predicted octanol–water partition coefficient (Wildman–Crippen LogP) is 5.40. The molecule has 2 rings (SSSR count). The third-order valence-corrected chi connectivity index (χ3v) is 5.31. The van der Waals surface area contributed by atoms with Crippen LogP contribution in [0.1, 0.15) is 56.9 Å². The van der Waals surface area contributed by atoms with Gasteiger partial charge in [0.15, 0.2) is 0 Å². The Morgan fingerprint density at radius 1 is 1.04 bits per heavy atom. The molecule has 1 aromatic heterocycles. The van der Waals surface area contributed by atoms with E-state index in [2.05, 4.69) is 6.07 Å². The third kappa shape index (κ3) is 6.94. The molecular weight excluding hydrogens is 336 g/mol. The Balaban J connectivity index is 1.63. The Morgan fingerprint density at radius 2 is 1.72 bits per heavy atom. The largest absolute Gasteiger partial charge is 0.481 e. The minimum Gasteiger partial charge on any atom is -0.481 e. The fourth-order valence-corrected chi connectivity index (χ4v) is 3.79. The van der Waals surface area contributed by atoms with Gasteiger partial charge >= 0.3 is 11.6 Å². The normalized spacial score (nSPS) is 11.1. The van der Waals surface area contributed by atoms with Crippen LogP contribution in [-0.2, 0) is 4.79 Å². The highest BCUT2D eigenvalue weighted by atomic mass is 32.2. The molecule has 25 heavy (non-hydrogen) atoms. The van der Waals surface area contributed by atoms with Crippen molar-refractivity contribution in [3.05, 3.63) is 40.2 Å². The van der Waals surface area contributed by atoms with E-state index < -0.39 is 5.97 Å². The fraction of sp³-hybridized carbons (Fsp3) is 0.500. The number of aliphatic carboxylic acids is 1. The Labute approximate surface area is 152 Å². The van der Waals surface area contributed by atoms with Crippen LogP contribution in [0, 0.1) is 6.92 Å². The summed E-state index contributed by atoms with van der Waals surface area (Å²) in [4.78, 5) is 23.0. The van der Waals surface area contributed by atoms with Crippen LogP contribution in [0.2, 0.25) is 0 Å². The molecule has 0 saturated carbocycles. The van der Waals surface area contributed by atoms with Crippen LogP contribution in [0.4, 0.5) is 0 Å². The fourth-order valence-electron chi connectivity index (χ4n) is 2.85. The van der Waals surface area contributed by atoms with Crippen molar-refractivity contribution >= 4 is 28.7 Å². The molecule has 1 aromatic carbocycles. The van der Waals surface area contributed by atoms with E-state index in [0.29, 0.717) is 12.0 Å². The second-order valence-corrected chi connectivity index (χ2v) is 7.54. The maximum atomic E-state index is 11.5. The lowest BCUT2D eigenvalue weighted by atomic mass is 10.1. The van der Waals surface area contributed by atoms with E-state index in [1.165, 1.54) is 25.3 Å². The summed E-state index contributed by atoms with van der Waals surface area (Å²) in [6.45, 7) is 1.92. The average molecular weight is 362 g/mol. The minimum absolute atomic E-state index is 0.294. The number of unbranched alkanes of at least 4 members (excludes halogenated alkanes) is 6. The molecule has 2 aromatic rings. The molecule has 0 bridgehead atoms. The van der Waals surface area contributed by atoms with E-state index in [1.54, 1.807) is 11.8 Å². The van der Waals surface area contributed by atoms with Crippen LogP contribution in [0.5, 0.6) is 0 Å². The van der Waals surface area contributed by atoms with E-state index in [9.17, 15) is 9.59 Å². The zero-order chi connectivity index (χ0) is 18.1. The van der Waals surface area contributed by atoms with Gasteiger partial charge in [0.2, 0.25) is 0 Å². The van der Waals surface area contributed by atoms with Crippen molar-refractivity contribution in [1.29, 1.82) is 0 Å². The van der Waals surface area contributed by atoms with Gasteiger partial charge in [-0.15, -0.1) is 11.8 Å². The molecule has 136 valence electrons. The summed E-state index contributed by atoms with van der Waals surface area (Å²) in [5, 5.41) is 9.56. The van der Waals surface area contributed by atoms with Gasteiger partial charge in [0.1, 0.15) is 5.58 Å². The number of carboxylic acid groups (broad SMARTS) is 1. The number of carboxylic acids is 1. The Bertz CT molecular complexity index is 751. The van der Waals surface area contributed by atoms with Crippen LogP contribution in [0.15, 0.2) is 38.4 Å². The van der Waals surface area contributed by atoms with Gasteiger partial charge in [-0.05, 0) is 49.3 Å². The first-order valence-corrected chi connectivity index (χ1v) is 9.94. The van der Waals surface area contributed by atoms with Gasteiger partial charge in [0, 0.05) is 22.8 Å². The quantitative estimate of drug-likeness (QED) is 0.329. The van der Waals surface area contributed by atoms with Gasteiger partial charge in [-0.25, -0.2) is 4.79 Å². The topological polar surface area (TPSA) is 67.5 Å². The predicted molar refractivity (Wildman–Crippen MR) is 103 cm³/mol. The molecule has 1 N–H and O–H groups in total. The summed E-state index contributed by atoms with van der Waals surface area (Å²) in [7, 11) is 0. The number of rotatable bonds is 11. The molecule has 0 aliphatic heterocycles. The lowest BCUT2D eigenvalue weighted by Gasteiger charge is -2.05. The van der Waals surface area contributed by atoms with Gasteiger partial charge in [-0.1, -0.05) is 32.1 Å². The molecule has 0 fully saturated rings. The van der Waals surface area contributed by atoms with Gasteiger partial charge in [0.05, 0.1) is 0 Å².